The van der Waals surface area contributed by atoms with E-state index in [-0.39, 0.29) is 6.04 Å². The Kier molecular flexibility index (Phi) is 4.73. The standard InChI is InChI=1S/C13H22N6O/c1-5-20-7-10(8(2)3)16-11-9-6-15-19-12(9)18-13(14-4)17-11/h6,8,10H,5,7H2,1-4H3,(H3,14,15,16,17,18,19). The Morgan fingerprint density at radius 1 is 1.35 bits per heavy atom. The van der Waals surface area contributed by atoms with Crippen LogP contribution in [0.4, 0.5) is 11.8 Å². The van der Waals surface area contributed by atoms with E-state index in [4.69, 9.17) is 4.74 Å². The summed E-state index contributed by atoms with van der Waals surface area (Å²) in [5.74, 6) is 1.76. The van der Waals surface area contributed by atoms with E-state index in [2.05, 4.69) is 44.6 Å². The van der Waals surface area contributed by atoms with E-state index in [0.717, 1.165) is 11.2 Å². The second-order valence-corrected chi connectivity index (χ2v) is 4.93. The summed E-state index contributed by atoms with van der Waals surface area (Å²) in [6.45, 7) is 7.66. The second-order valence-electron chi connectivity index (χ2n) is 4.93. The van der Waals surface area contributed by atoms with Crippen molar-refractivity contribution in [3.05, 3.63) is 6.20 Å². The van der Waals surface area contributed by atoms with Gasteiger partial charge in [0.2, 0.25) is 5.95 Å². The highest BCUT2D eigenvalue weighted by atomic mass is 16.5. The molecule has 0 fully saturated rings. The molecule has 2 heterocycles. The van der Waals surface area contributed by atoms with Crippen LogP contribution in [-0.2, 0) is 4.74 Å². The highest BCUT2D eigenvalue weighted by Gasteiger charge is 2.17. The van der Waals surface area contributed by atoms with Crippen LogP contribution in [0, 0.1) is 5.92 Å². The number of rotatable bonds is 7. The molecule has 0 aliphatic rings. The summed E-state index contributed by atoms with van der Waals surface area (Å²) < 4.78 is 5.53. The molecule has 1 unspecified atom stereocenters. The van der Waals surface area contributed by atoms with Gasteiger partial charge in [-0.2, -0.15) is 15.1 Å². The normalized spacial score (nSPS) is 12.8. The van der Waals surface area contributed by atoms with Gasteiger partial charge in [-0.3, -0.25) is 5.10 Å². The summed E-state index contributed by atoms with van der Waals surface area (Å²) in [5, 5.41) is 14.2. The van der Waals surface area contributed by atoms with Crippen molar-refractivity contribution in [2.75, 3.05) is 30.9 Å². The van der Waals surface area contributed by atoms with Gasteiger partial charge in [0, 0.05) is 13.7 Å². The van der Waals surface area contributed by atoms with E-state index in [9.17, 15) is 0 Å². The summed E-state index contributed by atoms with van der Waals surface area (Å²) in [7, 11) is 1.79. The van der Waals surface area contributed by atoms with Crippen molar-refractivity contribution >= 4 is 22.8 Å². The molecule has 2 rings (SSSR count). The quantitative estimate of drug-likeness (QED) is 0.716. The van der Waals surface area contributed by atoms with Crippen LogP contribution in [0.1, 0.15) is 20.8 Å². The number of H-pyrrole nitrogens is 1. The molecule has 7 heteroatoms. The average Bonchev–Trinajstić information content (AvgIpc) is 2.91. The highest BCUT2D eigenvalue weighted by Crippen LogP contribution is 2.22. The number of ether oxygens (including phenoxy) is 1. The third-order valence-electron chi connectivity index (χ3n) is 3.16. The van der Waals surface area contributed by atoms with Gasteiger partial charge in [0.1, 0.15) is 5.82 Å². The van der Waals surface area contributed by atoms with Gasteiger partial charge in [0.15, 0.2) is 5.65 Å². The van der Waals surface area contributed by atoms with Crippen LogP contribution >= 0.6 is 0 Å². The number of anilines is 2. The fourth-order valence-electron chi connectivity index (χ4n) is 1.88. The van der Waals surface area contributed by atoms with Gasteiger partial charge in [-0.1, -0.05) is 13.8 Å². The van der Waals surface area contributed by atoms with E-state index in [0.29, 0.717) is 30.7 Å². The van der Waals surface area contributed by atoms with Crippen molar-refractivity contribution in [1.82, 2.24) is 20.2 Å². The SMILES string of the molecule is CCOCC(Nc1nc(NC)nc2[nH]ncc12)C(C)C. The lowest BCUT2D eigenvalue weighted by molar-refractivity contribution is 0.126. The molecule has 2 aromatic rings. The molecule has 3 N–H and O–H groups in total. The Morgan fingerprint density at radius 2 is 2.15 bits per heavy atom. The predicted octanol–water partition coefficient (Wildman–Crippen LogP) is 1.87. The van der Waals surface area contributed by atoms with Crippen LogP contribution in [0.5, 0.6) is 0 Å². The highest BCUT2D eigenvalue weighted by molar-refractivity contribution is 5.87. The Hall–Kier alpha value is -1.89. The zero-order valence-electron chi connectivity index (χ0n) is 12.4. The fourth-order valence-corrected chi connectivity index (χ4v) is 1.88. The largest absolute Gasteiger partial charge is 0.380 e. The van der Waals surface area contributed by atoms with Crippen molar-refractivity contribution in [3.63, 3.8) is 0 Å². The first-order valence-corrected chi connectivity index (χ1v) is 6.88. The molecule has 0 spiro atoms. The van der Waals surface area contributed by atoms with Crippen molar-refractivity contribution in [1.29, 1.82) is 0 Å². The lowest BCUT2D eigenvalue weighted by Crippen LogP contribution is -2.31. The van der Waals surface area contributed by atoms with E-state index >= 15 is 0 Å². The zero-order chi connectivity index (χ0) is 14.5. The van der Waals surface area contributed by atoms with Crippen LogP contribution in [0.3, 0.4) is 0 Å². The van der Waals surface area contributed by atoms with Crippen molar-refractivity contribution in [3.8, 4) is 0 Å². The molecule has 0 bridgehead atoms. The molecule has 0 saturated carbocycles. The molecule has 0 aliphatic carbocycles. The number of hydrogen-bond acceptors (Lipinski definition) is 6. The first kappa shape index (κ1) is 14.5. The molecule has 0 aromatic carbocycles. The van der Waals surface area contributed by atoms with Gasteiger partial charge in [-0.05, 0) is 12.8 Å². The Morgan fingerprint density at radius 3 is 2.80 bits per heavy atom. The summed E-state index contributed by atoms with van der Waals surface area (Å²) in [6, 6.07) is 0.188. The van der Waals surface area contributed by atoms with E-state index in [1.807, 2.05) is 6.92 Å². The van der Waals surface area contributed by atoms with Crippen LogP contribution in [-0.4, -0.2) is 46.5 Å². The van der Waals surface area contributed by atoms with Crippen LogP contribution < -0.4 is 10.6 Å². The van der Waals surface area contributed by atoms with Gasteiger partial charge < -0.3 is 15.4 Å². The number of aromatic nitrogens is 4. The Labute approximate surface area is 118 Å². The monoisotopic (exact) mass is 278 g/mol. The van der Waals surface area contributed by atoms with Crippen molar-refractivity contribution in [2.24, 2.45) is 5.92 Å². The summed E-state index contributed by atoms with van der Waals surface area (Å²) in [6.07, 6.45) is 1.73. The minimum absolute atomic E-state index is 0.188. The van der Waals surface area contributed by atoms with Gasteiger partial charge in [0.05, 0.1) is 24.2 Å². The summed E-state index contributed by atoms with van der Waals surface area (Å²) in [4.78, 5) is 8.79. The molecular formula is C13H22N6O. The van der Waals surface area contributed by atoms with Gasteiger partial charge >= 0.3 is 0 Å². The van der Waals surface area contributed by atoms with E-state index < -0.39 is 0 Å². The number of nitrogens with one attached hydrogen (secondary N) is 3. The molecular weight excluding hydrogens is 256 g/mol. The maximum atomic E-state index is 5.53. The Balaban J connectivity index is 2.28. The molecule has 7 nitrogen and oxygen atoms in total. The van der Waals surface area contributed by atoms with Gasteiger partial charge in [0.25, 0.3) is 0 Å². The van der Waals surface area contributed by atoms with Crippen molar-refractivity contribution in [2.45, 2.75) is 26.8 Å². The average molecular weight is 278 g/mol. The van der Waals surface area contributed by atoms with Gasteiger partial charge in [-0.25, -0.2) is 0 Å². The smallest absolute Gasteiger partial charge is 0.226 e. The third kappa shape index (κ3) is 3.16. The maximum Gasteiger partial charge on any atom is 0.226 e. The maximum absolute atomic E-state index is 5.53. The molecule has 110 valence electrons. The summed E-state index contributed by atoms with van der Waals surface area (Å²) in [5.41, 5.74) is 0.714. The molecule has 0 saturated heterocycles. The summed E-state index contributed by atoms with van der Waals surface area (Å²) >= 11 is 0. The van der Waals surface area contributed by atoms with E-state index in [1.54, 1.807) is 13.2 Å². The molecule has 1 atom stereocenters. The first-order chi connectivity index (χ1) is 9.65. The number of fused-ring (bicyclic) bond motifs is 1. The number of hydrogen-bond donors (Lipinski definition) is 3. The zero-order valence-corrected chi connectivity index (χ0v) is 12.4. The molecule has 2 aromatic heterocycles. The number of nitrogens with zero attached hydrogens (tertiary/aromatic N) is 3. The third-order valence-corrected chi connectivity index (χ3v) is 3.16. The molecule has 0 amide bonds. The lowest BCUT2D eigenvalue weighted by Gasteiger charge is -2.23. The molecule has 0 aliphatic heterocycles. The van der Waals surface area contributed by atoms with Gasteiger partial charge in [-0.15, -0.1) is 0 Å². The molecule has 20 heavy (non-hydrogen) atoms. The van der Waals surface area contributed by atoms with Crippen molar-refractivity contribution < 1.29 is 4.74 Å². The van der Waals surface area contributed by atoms with E-state index in [1.165, 1.54) is 0 Å². The first-order valence-electron chi connectivity index (χ1n) is 6.88. The second kappa shape index (κ2) is 6.51. The Bertz CT molecular complexity index is 553. The fraction of sp³-hybridized carbons (Fsp3) is 0.615. The predicted molar refractivity (Wildman–Crippen MR) is 80.0 cm³/mol. The van der Waals surface area contributed by atoms with Crippen LogP contribution in [0.2, 0.25) is 0 Å². The minimum atomic E-state index is 0.188. The lowest BCUT2D eigenvalue weighted by atomic mass is 10.1. The van der Waals surface area contributed by atoms with Crippen LogP contribution in [0.15, 0.2) is 6.20 Å². The molecule has 0 radical (unpaired) electrons. The topological polar surface area (TPSA) is 87.8 Å². The van der Waals surface area contributed by atoms with Crippen LogP contribution in [0.25, 0.3) is 11.0 Å². The number of aromatic amines is 1. The minimum Gasteiger partial charge on any atom is -0.380 e.